The molecule has 1 N–H and O–H groups in total. The van der Waals surface area contributed by atoms with Crippen LogP contribution in [0, 0.1) is 18.8 Å². The van der Waals surface area contributed by atoms with Gasteiger partial charge in [0, 0.05) is 7.05 Å². The Balaban J connectivity index is 2.17. The number of nitrogens with zero attached hydrogens (tertiary/aromatic N) is 2. The number of aryl methyl sites for hydroxylation is 2. The first-order chi connectivity index (χ1) is 8.13. The molecule has 1 heterocycles. The summed E-state index contributed by atoms with van der Waals surface area (Å²) in [5.41, 5.74) is 1.97. The van der Waals surface area contributed by atoms with Crippen LogP contribution in [0.2, 0.25) is 0 Å². The summed E-state index contributed by atoms with van der Waals surface area (Å²) < 4.78 is 1.83. The molecule has 1 saturated carbocycles. The second-order valence-corrected chi connectivity index (χ2v) is 5.40. The highest BCUT2D eigenvalue weighted by Crippen LogP contribution is 2.40. The van der Waals surface area contributed by atoms with Crippen molar-refractivity contribution in [1.82, 2.24) is 9.78 Å². The van der Waals surface area contributed by atoms with Crippen LogP contribution in [0.15, 0.2) is 6.07 Å². The van der Waals surface area contributed by atoms with Gasteiger partial charge in [0.25, 0.3) is 0 Å². The lowest BCUT2D eigenvalue weighted by Crippen LogP contribution is -2.26. The summed E-state index contributed by atoms with van der Waals surface area (Å²) in [7, 11) is 1.93. The molecule has 3 unspecified atom stereocenters. The van der Waals surface area contributed by atoms with Crippen LogP contribution in [-0.2, 0) is 7.05 Å². The van der Waals surface area contributed by atoms with Gasteiger partial charge >= 0.3 is 0 Å². The number of rotatable bonds is 3. The number of aromatic nitrogens is 2. The molecule has 1 aliphatic carbocycles. The normalized spacial score (nSPS) is 27.1. The van der Waals surface area contributed by atoms with Gasteiger partial charge in [-0.15, -0.1) is 0 Å². The van der Waals surface area contributed by atoms with E-state index in [0.29, 0.717) is 11.8 Å². The van der Waals surface area contributed by atoms with E-state index in [2.05, 4.69) is 12.0 Å². The zero-order valence-corrected chi connectivity index (χ0v) is 11.2. The van der Waals surface area contributed by atoms with Gasteiger partial charge in [-0.05, 0) is 31.2 Å². The number of hydrogen-bond donors (Lipinski definition) is 1. The second kappa shape index (κ2) is 5.21. The minimum Gasteiger partial charge on any atom is -0.387 e. The fourth-order valence-corrected chi connectivity index (χ4v) is 3.29. The summed E-state index contributed by atoms with van der Waals surface area (Å²) in [6, 6.07) is 2.02. The van der Waals surface area contributed by atoms with Gasteiger partial charge in [0.05, 0.1) is 17.5 Å². The molecule has 3 heteroatoms. The van der Waals surface area contributed by atoms with E-state index in [4.69, 9.17) is 0 Å². The molecule has 1 aromatic rings. The molecule has 0 amide bonds. The molecular formula is C14H24N2O. The standard InChI is InChI=1S/C14H24N2O/c1-4-11-7-5-6-8-12(11)14(17)13-9-10(2)15-16(13)3/h9,11-12,14,17H,4-8H2,1-3H3. The van der Waals surface area contributed by atoms with Crippen molar-refractivity contribution in [3.05, 3.63) is 17.5 Å². The zero-order valence-electron chi connectivity index (χ0n) is 11.2. The third kappa shape index (κ3) is 2.54. The highest BCUT2D eigenvalue weighted by molar-refractivity contribution is 5.12. The maximum Gasteiger partial charge on any atom is 0.0987 e. The SMILES string of the molecule is CCC1CCCCC1C(O)c1cc(C)nn1C. The van der Waals surface area contributed by atoms with Crippen LogP contribution in [-0.4, -0.2) is 14.9 Å². The highest BCUT2D eigenvalue weighted by Gasteiger charge is 2.31. The van der Waals surface area contributed by atoms with Gasteiger partial charge in [0.1, 0.15) is 0 Å². The van der Waals surface area contributed by atoms with Crippen LogP contribution in [0.4, 0.5) is 0 Å². The molecule has 0 aromatic carbocycles. The van der Waals surface area contributed by atoms with Crippen LogP contribution in [0.5, 0.6) is 0 Å². The van der Waals surface area contributed by atoms with Crippen molar-refractivity contribution < 1.29 is 5.11 Å². The Labute approximate surface area is 104 Å². The van der Waals surface area contributed by atoms with Crippen molar-refractivity contribution >= 4 is 0 Å². The summed E-state index contributed by atoms with van der Waals surface area (Å²) in [6.07, 6.45) is 5.85. The lowest BCUT2D eigenvalue weighted by Gasteiger charge is -2.34. The average molecular weight is 236 g/mol. The van der Waals surface area contributed by atoms with E-state index < -0.39 is 0 Å². The molecule has 0 spiro atoms. The van der Waals surface area contributed by atoms with Crippen LogP contribution >= 0.6 is 0 Å². The van der Waals surface area contributed by atoms with Crippen LogP contribution < -0.4 is 0 Å². The summed E-state index contributed by atoms with van der Waals surface area (Å²) in [6.45, 7) is 4.22. The van der Waals surface area contributed by atoms with E-state index in [1.807, 2.05) is 24.7 Å². The molecule has 1 aromatic heterocycles. The smallest absolute Gasteiger partial charge is 0.0987 e. The van der Waals surface area contributed by atoms with E-state index in [-0.39, 0.29) is 6.10 Å². The van der Waals surface area contributed by atoms with Gasteiger partial charge in [-0.25, -0.2) is 0 Å². The van der Waals surface area contributed by atoms with E-state index in [1.165, 1.54) is 25.7 Å². The second-order valence-electron chi connectivity index (χ2n) is 5.40. The predicted molar refractivity (Wildman–Crippen MR) is 68.6 cm³/mol. The molecule has 0 radical (unpaired) electrons. The van der Waals surface area contributed by atoms with Gasteiger partial charge in [-0.1, -0.05) is 32.6 Å². The molecule has 1 fully saturated rings. The first-order valence-corrected chi connectivity index (χ1v) is 6.82. The number of aliphatic hydroxyl groups excluding tert-OH is 1. The molecule has 3 nitrogen and oxygen atoms in total. The van der Waals surface area contributed by atoms with Crippen molar-refractivity contribution in [2.24, 2.45) is 18.9 Å². The lowest BCUT2D eigenvalue weighted by molar-refractivity contribution is 0.0395. The topological polar surface area (TPSA) is 38.1 Å². The van der Waals surface area contributed by atoms with Crippen molar-refractivity contribution in [3.63, 3.8) is 0 Å². The molecule has 3 atom stereocenters. The van der Waals surface area contributed by atoms with E-state index in [1.54, 1.807) is 0 Å². The first kappa shape index (κ1) is 12.6. The van der Waals surface area contributed by atoms with Gasteiger partial charge in [0.2, 0.25) is 0 Å². The predicted octanol–water partition coefficient (Wildman–Crippen LogP) is 2.98. The van der Waals surface area contributed by atoms with Crippen molar-refractivity contribution in [2.45, 2.75) is 52.1 Å². The Morgan fingerprint density at radius 1 is 1.47 bits per heavy atom. The Morgan fingerprint density at radius 3 is 2.76 bits per heavy atom. The minimum atomic E-state index is -0.341. The summed E-state index contributed by atoms with van der Waals surface area (Å²) >= 11 is 0. The quantitative estimate of drug-likeness (QED) is 0.876. The summed E-state index contributed by atoms with van der Waals surface area (Å²) in [4.78, 5) is 0. The maximum absolute atomic E-state index is 10.6. The average Bonchev–Trinajstić information content (AvgIpc) is 2.67. The number of hydrogen-bond acceptors (Lipinski definition) is 2. The Hall–Kier alpha value is -0.830. The Bertz CT molecular complexity index is 372. The number of aliphatic hydroxyl groups is 1. The molecule has 2 rings (SSSR count). The third-order valence-corrected chi connectivity index (χ3v) is 4.24. The van der Waals surface area contributed by atoms with Crippen molar-refractivity contribution in [2.75, 3.05) is 0 Å². The largest absolute Gasteiger partial charge is 0.387 e. The van der Waals surface area contributed by atoms with E-state index >= 15 is 0 Å². The van der Waals surface area contributed by atoms with Gasteiger partial charge in [0.15, 0.2) is 0 Å². The molecular weight excluding hydrogens is 212 g/mol. The highest BCUT2D eigenvalue weighted by atomic mass is 16.3. The minimum absolute atomic E-state index is 0.341. The van der Waals surface area contributed by atoms with Gasteiger partial charge < -0.3 is 5.11 Å². The first-order valence-electron chi connectivity index (χ1n) is 6.82. The summed E-state index contributed by atoms with van der Waals surface area (Å²) in [5, 5.41) is 14.9. The van der Waals surface area contributed by atoms with Crippen molar-refractivity contribution in [1.29, 1.82) is 0 Å². The maximum atomic E-state index is 10.6. The molecule has 96 valence electrons. The molecule has 0 aliphatic heterocycles. The Kier molecular flexibility index (Phi) is 3.87. The molecule has 0 bridgehead atoms. The van der Waals surface area contributed by atoms with Gasteiger partial charge in [-0.2, -0.15) is 5.10 Å². The van der Waals surface area contributed by atoms with Crippen LogP contribution in [0.25, 0.3) is 0 Å². The zero-order chi connectivity index (χ0) is 12.4. The van der Waals surface area contributed by atoms with E-state index in [9.17, 15) is 5.11 Å². The van der Waals surface area contributed by atoms with Crippen molar-refractivity contribution in [3.8, 4) is 0 Å². The molecule has 0 saturated heterocycles. The summed E-state index contributed by atoms with van der Waals surface area (Å²) in [5.74, 6) is 1.09. The van der Waals surface area contributed by atoms with Crippen LogP contribution in [0.3, 0.4) is 0 Å². The monoisotopic (exact) mass is 236 g/mol. The molecule has 17 heavy (non-hydrogen) atoms. The fourth-order valence-electron chi connectivity index (χ4n) is 3.29. The third-order valence-electron chi connectivity index (χ3n) is 4.24. The van der Waals surface area contributed by atoms with E-state index in [0.717, 1.165) is 17.8 Å². The lowest BCUT2D eigenvalue weighted by atomic mass is 9.74. The van der Waals surface area contributed by atoms with Gasteiger partial charge in [-0.3, -0.25) is 4.68 Å². The van der Waals surface area contributed by atoms with Crippen LogP contribution in [0.1, 0.15) is 56.5 Å². The Morgan fingerprint density at radius 2 is 2.18 bits per heavy atom. The fraction of sp³-hybridized carbons (Fsp3) is 0.786. The molecule has 1 aliphatic rings.